The summed E-state index contributed by atoms with van der Waals surface area (Å²) >= 11 is 2.92. The van der Waals surface area contributed by atoms with E-state index in [4.69, 9.17) is 5.73 Å². The zero-order chi connectivity index (χ0) is 13.2. The quantitative estimate of drug-likeness (QED) is 0.802. The van der Waals surface area contributed by atoms with Crippen molar-refractivity contribution in [2.24, 2.45) is 5.73 Å². The zero-order valence-corrected chi connectivity index (χ0v) is 12.0. The van der Waals surface area contributed by atoms with Crippen molar-refractivity contribution in [3.05, 3.63) is 41.7 Å². The van der Waals surface area contributed by atoms with Gasteiger partial charge in [-0.25, -0.2) is 9.97 Å². The molecule has 0 aliphatic rings. The zero-order valence-electron chi connectivity index (χ0n) is 10.3. The SMILES string of the molecule is Cc1nsc(Sc2nc3ccccc3cc2CN)n1. The second-order valence-corrected chi connectivity index (χ2v) is 6.05. The Kier molecular flexibility index (Phi) is 3.46. The lowest BCUT2D eigenvalue weighted by Crippen LogP contribution is -2.00. The first-order valence-electron chi connectivity index (χ1n) is 5.83. The molecule has 0 amide bonds. The molecular weight excluding hydrogens is 276 g/mol. The van der Waals surface area contributed by atoms with Crippen molar-refractivity contribution in [3.8, 4) is 0 Å². The summed E-state index contributed by atoms with van der Waals surface area (Å²) in [6, 6.07) is 10.1. The first kappa shape index (κ1) is 12.5. The monoisotopic (exact) mass is 288 g/mol. The van der Waals surface area contributed by atoms with E-state index >= 15 is 0 Å². The van der Waals surface area contributed by atoms with Crippen LogP contribution in [0.4, 0.5) is 0 Å². The van der Waals surface area contributed by atoms with Crippen LogP contribution in [0.25, 0.3) is 10.9 Å². The molecule has 0 saturated carbocycles. The molecule has 2 N–H and O–H groups in total. The Morgan fingerprint density at radius 1 is 1.26 bits per heavy atom. The van der Waals surface area contributed by atoms with Crippen molar-refractivity contribution in [3.63, 3.8) is 0 Å². The molecule has 0 spiro atoms. The fourth-order valence-corrected chi connectivity index (χ4v) is 3.46. The summed E-state index contributed by atoms with van der Waals surface area (Å²) in [6.07, 6.45) is 0. The third kappa shape index (κ3) is 2.60. The number of aromatic nitrogens is 3. The highest BCUT2D eigenvalue weighted by Crippen LogP contribution is 2.31. The number of hydrogen-bond donors (Lipinski definition) is 1. The van der Waals surface area contributed by atoms with Crippen LogP contribution in [0.5, 0.6) is 0 Å². The van der Waals surface area contributed by atoms with E-state index in [2.05, 4.69) is 20.4 Å². The number of aryl methyl sites for hydroxylation is 1. The van der Waals surface area contributed by atoms with Crippen LogP contribution in [0.3, 0.4) is 0 Å². The lowest BCUT2D eigenvalue weighted by molar-refractivity contribution is 0.979. The van der Waals surface area contributed by atoms with Crippen LogP contribution in [-0.2, 0) is 6.54 Å². The molecule has 96 valence electrons. The van der Waals surface area contributed by atoms with E-state index < -0.39 is 0 Å². The summed E-state index contributed by atoms with van der Waals surface area (Å²) in [4.78, 5) is 9.02. The lowest BCUT2D eigenvalue weighted by Gasteiger charge is -2.06. The minimum Gasteiger partial charge on any atom is -0.326 e. The van der Waals surface area contributed by atoms with Gasteiger partial charge in [0.1, 0.15) is 10.9 Å². The number of para-hydroxylation sites is 1. The van der Waals surface area contributed by atoms with Crippen molar-refractivity contribution >= 4 is 34.2 Å². The fourth-order valence-electron chi connectivity index (χ4n) is 1.78. The normalized spacial score (nSPS) is 11.1. The average molecular weight is 288 g/mol. The molecule has 3 rings (SSSR count). The molecule has 0 radical (unpaired) electrons. The largest absolute Gasteiger partial charge is 0.326 e. The fraction of sp³-hybridized carbons (Fsp3) is 0.154. The number of rotatable bonds is 3. The highest BCUT2D eigenvalue weighted by atomic mass is 32.2. The Balaban J connectivity index is 2.05. The third-order valence-electron chi connectivity index (χ3n) is 2.68. The van der Waals surface area contributed by atoms with Gasteiger partial charge in [-0.1, -0.05) is 18.2 Å². The highest BCUT2D eigenvalue weighted by molar-refractivity contribution is 8.00. The van der Waals surface area contributed by atoms with Crippen molar-refractivity contribution < 1.29 is 0 Å². The van der Waals surface area contributed by atoms with Gasteiger partial charge in [-0.15, -0.1) is 0 Å². The predicted molar refractivity (Wildman–Crippen MR) is 78.4 cm³/mol. The van der Waals surface area contributed by atoms with E-state index in [0.717, 1.165) is 31.7 Å². The van der Waals surface area contributed by atoms with E-state index in [1.165, 1.54) is 23.3 Å². The van der Waals surface area contributed by atoms with Crippen LogP contribution < -0.4 is 5.73 Å². The minimum atomic E-state index is 0.470. The van der Waals surface area contributed by atoms with Crippen molar-refractivity contribution in [2.45, 2.75) is 22.8 Å². The summed E-state index contributed by atoms with van der Waals surface area (Å²) in [6.45, 7) is 2.36. The molecule has 0 bridgehead atoms. The molecule has 3 aromatic rings. The molecule has 6 heteroatoms. The van der Waals surface area contributed by atoms with Gasteiger partial charge in [-0.05, 0) is 47.9 Å². The lowest BCUT2D eigenvalue weighted by atomic mass is 10.1. The van der Waals surface area contributed by atoms with Crippen molar-refractivity contribution in [1.82, 2.24) is 14.3 Å². The molecule has 2 heterocycles. The molecule has 0 fully saturated rings. The highest BCUT2D eigenvalue weighted by Gasteiger charge is 2.10. The standard InChI is InChI=1S/C13H12N4S2/c1-8-15-13(19-17-8)18-12-10(7-14)6-9-4-2-3-5-11(9)16-12/h2-6H,7,14H2,1H3. The van der Waals surface area contributed by atoms with E-state index in [-0.39, 0.29) is 0 Å². The van der Waals surface area contributed by atoms with Gasteiger partial charge in [0.2, 0.25) is 0 Å². The van der Waals surface area contributed by atoms with Crippen LogP contribution in [-0.4, -0.2) is 14.3 Å². The van der Waals surface area contributed by atoms with Gasteiger partial charge in [0.05, 0.1) is 5.52 Å². The van der Waals surface area contributed by atoms with Crippen LogP contribution in [0, 0.1) is 6.92 Å². The number of nitrogens with zero attached hydrogens (tertiary/aromatic N) is 3. The maximum atomic E-state index is 5.81. The summed E-state index contributed by atoms with van der Waals surface area (Å²) in [5, 5.41) is 2.03. The van der Waals surface area contributed by atoms with Gasteiger partial charge in [0.25, 0.3) is 0 Å². The topological polar surface area (TPSA) is 64.7 Å². The molecule has 0 saturated heterocycles. The molecule has 4 nitrogen and oxygen atoms in total. The van der Waals surface area contributed by atoms with Gasteiger partial charge in [-0.2, -0.15) is 4.37 Å². The Morgan fingerprint density at radius 3 is 2.84 bits per heavy atom. The molecule has 0 aliphatic heterocycles. The van der Waals surface area contributed by atoms with Crippen LogP contribution >= 0.6 is 23.3 Å². The Hall–Kier alpha value is -1.50. The number of hydrogen-bond acceptors (Lipinski definition) is 6. The number of nitrogens with two attached hydrogens (primary N) is 1. The van der Waals surface area contributed by atoms with Gasteiger partial charge < -0.3 is 5.73 Å². The smallest absolute Gasteiger partial charge is 0.176 e. The van der Waals surface area contributed by atoms with E-state index in [0.29, 0.717) is 6.54 Å². The summed E-state index contributed by atoms with van der Waals surface area (Å²) < 4.78 is 5.08. The molecular formula is C13H12N4S2. The second-order valence-electron chi connectivity index (χ2n) is 4.06. The molecule has 2 aromatic heterocycles. The average Bonchev–Trinajstić information content (AvgIpc) is 2.83. The Morgan fingerprint density at radius 2 is 2.11 bits per heavy atom. The van der Waals surface area contributed by atoms with Crippen LogP contribution in [0.1, 0.15) is 11.4 Å². The molecule has 0 aliphatic carbocycles. The molecule has 19 heavy (non-hydrogen) atoms. The van der Waals surface area contributed by atoms with Gasteiger partial charge in [0, 0.05) is 11.9 Å². The van der Waals surface area contributed by atoms with Crippen molar-refractivity contribution in [1.29, 1.82) is 0 Å². The van der Waals surface area contributed by atoms with E-state index in [1.807, 2.05) is 31.2 Å². The second kappa shape index (κ2) is 5.24. The number of pyridine rings is 1. The Labute approximate surface area is 119 Å². The summed E-state index contributed by atoms with van der Waals surface area (Å²) in [5.41, 5.74) is 7.83. The maximum Gasteiger partial charge on any atom is 0.176 e. The number of benzene rings is 1. The minimum absolute atomic E-state index is 0.470. The summed E-state index contributed by atoms with van der Waals surface area (Å²) in [7, 11) is 0. The summed E-state index contributed by atoms with van der Waals surface area (Å²) in [5.74, 6) is 0.794. The number of fused-ring (bicyclic) bond motifs is 1. The predicted octanol–water partition coefficient (Wildman–Crippen LogP) is 3.00. The third-order valence-corrected chi connectivity index (χ3v) is 4.57. The molecule has 1 aromatic carbocycles. The first-order valence-corrected chi connectivity index (χ1v) is 7.42. The van der Waals surface area contributed by atoms with Crippen LogP contribution in [0.2, 0.25) is 0 Å². The van der Waals surface area contributed by atoms with Crippen LogP contribution in [0.15, 0.2) is 39.7 Å². The van der Waals surface area contributed by atoms with Gasteiger partial charge in [-0.3, -0.25) is 0 Å². The van der Waals surface area contributed by atoms with Gasteiger partial charge in [0.15, 0.2) is 4.34 Å². The van der Waals surface area contributed by atoms with E-state index in [1.54, 1.807) is 0 Å². The van der Waals surface area contributed by atoms with E-state index in [9.17, 15) is 0 Å². The molecule has 0 atom stereocenters. The van der Waals surface area contributed by atoms with Gasteiger partial charge >= 0.3 is 0 Å². The van der Waals surface area contributed by atoms with Crippen molar-refractivity contribution in [2.75, 3.05) is 0 Å². The first-order chi connectivity index (χ1) is 9.26. The maximum absolute atomic E-state index is 5.81. The Bertz CT molecular complexity index is 723. The molecule has 0 unspecified atom stereocenters.